The summed E-state index contributed by atoms with van der Waals surface area (Å²) in [7, 11) is 1.58. The lowest BCUT2D eigenvalue weighted by atomic mass is 10.2. The SMILES string of the molecule is COCCNC(=O)C(C)NCC(O)c1ccco1. The Kier molecular flexibility index (Phi) is 6.42. The molecule has 1 heterocycles. The van der Waals surface area contributed by atoms with Crippen molar-refractivity contribution in [1.82, 2.24) is 10.6 Å². The van der Waals surface area contributed by atoms with Crippen molar-refractivity contribution in [2.24, 2.45) is 0 Å². The van der Waals surface area contributed by atoms with Crippen LogP contribution in [0.1, 0.15) is 18.8 Å². The Morgan fingerprint density at radius 3 is 3.00 bits per heavy atom. The van der Waals surface area contributed by atoms with E-state index in [2.05, 4.69) is 10.6 Å². The van der Waals surface area contributed by atoms with Gasteiger partial charge >= 0.3 is 0 Å². The van der Waals surface area contributed by atoms with Gasteiger partial charge in [0.15, 0.2) is 0 Å². The van der Waals surface area contributed by atoms with Gasteiger partial charge in [0.2, 0.25) is 5.91 Å². The van der Waals surface area contributed by atoms with Crippen molar-refractivity contribution in [2.45, 2.75) is 19.1 Å². The molecule has 1 aromatic heterocycles. The number of aliphatic hydroxyl groups excluding tert-OH is 1. The zero-order chi connectivity index (χ0) is 13.4. The van der Waals surface area contributed by atoms with Gasteiger partial charge in [-0.1, -0.05) is 0 Å². The minimum atomic E-state index is -0.755. The van der Waals surface area contributed by atoms with E-state index in [0.29, 0.717) is 18.9 Å². The minimum absolute atomic E-state index is 0.126. The Bertz CT molecular complexity index is 340. The topological polar surface area (TPSA) is 83.7 Å². The second-order valence-electron chi connectivity index (χ2n) is 3.94. The lowest BCUT2D eigenvalue weighted by molar-refractivity contribution is -0.123. The van der Waals surface area contributed by atoms with Gasteiger partial charge in [-0.2, -0.15) is 0 Å². The molecule has 1 rings (SSSR count). The fourth-order valence-electron chi connectivity index (χ4n) is 1.39. The largest absolute Gasteiger partial charge is 0.467 e. The van der Waals surface area contributed by atoms with Gasteiger partial charge in [-0.25, -0.2) is 0 Å². The first-order chi connectivity index (χ1) is 8.65. The average molecular weight is 256 g/mol. The number of furan rings is 1. The average Bonchev–Trinajstić information content (AvgIpc) is 2.89. The summed E-state index contributed by atoms with van der Waals surface area (Å²) in [6, 6.07) is 3.02. The highest BCUT2D eigenvalue weighted by atomic mass is 16.5. The predicted octanol–water partition coefficient (Wildman–Crippen LogP) is 0.0537. The van der Waals surface area contributed by atoms with Crippen LogP contribution in [-0.2, 0) is 9.53 Å². The van der Waals surface area contributed by atoms with Gasteiger partial charge in [0.05, 0.1) is 18.9 Å². The molecule has 0 aliphatic carbocycles. The van der Waals surface area contributed by atoms with E-state index in [9.17, 15) is 9.90 Å². The van der Waals surface area contributed by atoms with Crippen LogP contribution in [0, 0.1) is 0 Å². The second kappa shape index (κ2) is 7.86. The van der Waals surface area contributed by atoms with Crippen molar-refractivity contribution in [3.8, 4) is 0 Å². The normalized spacial score (nSPS) is 14.2. The predicted molar refractivity (Wildman–Crippen MR) is 66.0 cm³/mol. The molecule has 0 aliphatic heterocycles. The molecule has 0 saturated carbocycles. The number of amides is 1. The summed E-state index contributed by atoms with van der Waals surface area (Å²) in [4.78, 5) is 11.6. The molecule has 0 radical (unpaired) electrons. The zero-order valence-corrected chi connectivity index (χ0v) is 10.7. The number of hydrogen-bond donors (Lipinski definition) is 3. The molecular weight excluding hydrogens is 236 g/mol. The van der Waals surface area contributed by atoms with Gasteiger partial charge in [0.25, 0.3) is 0 Å². The van der Waals surface area contributed by atoms with Gasteiger partial charge in [0.1, 0.15) is 11.9 Å². The number of aliphatic hydroxyl groups is 1. The third-order valence-electron chi connectivity index (χ3n) is 2.49. The summed E-state index contributed by atoms with van der Waals surface area (Å²) < 4.78 is 9.89. The van der Waals surface area contributed by atoms with Crippen molar-refractivity contribution in [2.75, 3.05) is 26.8 Å². The van der Waals surface area contributed by atoms with Crippen molar-refractivity contribution in [3.05, 3.63) is 24.2 Å². The van der Waals surface area contributed by atoms with Crippen LogP contribution in [-0.4, -0.2) is 43.9 Å². The first-order valence-electron chi connectivity index (χ1n) is 5.86. The van der Waals surface area contributed by atoms with Crippen LogP contribution in [0.2, 0.25) is 0 Å². The summed E-state index contributed by atoms with van der Waals surface area (Å²) in [6.45, 7) is 2.94. The van der Waals surface area contributed by atoms with Crippen LogP contribution in [0.5, 0.6) is 0 Å². The van der Waals surface area contributed by atoms with Crippen molar-refractivity contribution in [1.29, 1.82) is 0 Å². The third-order valence-corrected chi connectivity index (χ3v) is 2.49. The molecule has 1 amide bonds. The molecule has 0 aromatic carbocycles. The van der Waals surface area contributed by atoms with E-state index in [1.54, 1.807) is 26.2 Å². The fourth-order valence-corrected chi connectivity index (χ4v) is 1.39. The molecule has 0 spiro atoms. The summed E-state index contributed by atoms with van der Waals surface area (Å²) in [5.74, 6) is 0.355. The number of carbonyl (C=O) groups is 1. The molecule has 1 aromatic rings. The Morgan fingerprint density at radius 1 is 1.61 bits per heavy atom. The summed E-state index contributed by atoms with van der Waals surface area (Å²) in [5.41, 5.74) is 0. The minimum Gasteiger partial charge on any atom is -0.467 e. The van der Waals surface area contributed by atoms with Crippen LogP contribution in [0.3, 0.4) is 0 Å². The van der Waals surface area contributed by atoms with E-state index in [1.807, 2.05) is 0 Å². The van der Waals surface area contributed by atoms with E-state index in [1.165, 1.54) is 6.26 Å². The summed E-state index contributed by atoms with van der Waals surface area (Å²) in [5, 5.41) is 15.4. The maximum atomic E-state index is 11.6. The van der Waals surface area contributed by atoms with Crippen molar-refractivity contribution in [3.63, 3.8) is 0 Å². The van der Waals surface area contributed by atoms with Crippen LogP contribution in [0.15, 0.2) is 22.8 Å². The molecule has 6 heteroatoms. The Balaban J connectivity index is 2.23. The highest BCUT2D eigenvalue weighted by Gasteiger charge is 2.15. The van der Waals surface area contributed by atoms with E-state index in [-0.39, 0.29) is 18.5 Å². The third kappa shape index (κ3) is 4.87. The molecule has 0 bridgehead atoms. The maximum absolute atomic E-state index is 11.6. The van der Waals surface area contributed by atoms with Gasteiger partial charge < -0.3 is 24.9 Å². The first-order valence-corrected chi connectivity index (χ1v) is 5.86. The number of hydrogen-bond acceptors (Lipinski definition) is 5. The first kappa shape index (κ1) is 14.7. The second-order valence-corrected chi connectivity index (χ2v) is 3.94. The fraction of sp³-hybridized carbons (Fsp3) is 0.583. The van der Waals surface area contributed by atoms with Gasteiger partial charge in [-0.15, -0.1) is 0 Å². The van der Waals surface area contributed by atoms with Crippen LogP contribution >= 0.6 is 0 Å². The van der Waals surface area contributed by atoms with Crippen molar-refractivity contribution >= 4 is 5.91 Å². The highest BCUT2D eigenvalue weighted by Crippen LogP contribution is 2.11. The summed E-state index contributed by atoms with van der Waals surface area (Å²) in [6.07, 6.45) is 0.744. The number of methoxy groups -OCH3 is 1. The van der Waals surface area contributed by atoms with Gasteiger partial charge in [0, 0.05) is 20.2 Å². The highest BCUT2D eigenvalue weighted by molar-refractivity contribution is 5.81. The number of ether oxygens (including phenoxy) is 1. The van der Waals surface area contributed by atoms with Crippen LogP contribution in [0.25, 0.3) is 0 Å². The quantitative estimate of drug-likeness (QED) is 0.573. The molecule has 18 heavy (non-hydrogen) atoms. The molecule has 2 atom stereocenters. The molecule has 0 fully saturated rings. The van der Waals surface area contributed by atoms with Crippen LogP contribution in [0.4, 0.5) is 0 Å². The van der Waals surface area contributed by atoms with E-state index >= 15 is 0 Å². The molecule has 102 valence electrons. The Hall–Kier alpha value is -1.37. The Labute approximate surface area is 106 Å². The smallest absolute Gasteiger partial charge is 0.236 e. The number of carbonyl (C=O) groups excluding carboxylic acids is 1. The van der Waals surface area contributed by atoms with E-state index in [4.69, 9.17) is 9.15 Å². The van der Waals surface area contributed by atoms with E-state index < -0.39 is 6.10 Å². The molecular formula is C12H20N2O4. The molecule has 0 saturated heterocycles. The monoisotopic (exact) mass is 256 g/mol. The lowest BCUT2D eigenvalue weighted by Crippen LogP contribution is -2.44. The zero-order valence-electron chi connectivity index (χ0n) is 10.7. The Morgan fingerprint density at radius 2 is 2.39 bits per heavy atom. The molecule has 6 nitrogen and oxygen atoms in total. The molecule has 0 aliphatic rings. The molecule has 3 N–H and O–H groups in total. The lowest BCUT2D eigenvalue weighted by Gasteiger charge is -2.15. The van der Waals surface area contributed by atoms with Crippen molar-refractivity contribution < 1.29 is 19.1 Å². The van der Waals surface area contributed by atoms with E-state index in [0.717, 1.165) is 0 Å². The van der Waals surface area contributed by atoms with Gasteiger partial charge in [-0.05, 0) is 19.1 Å². The number of rotatable bonds is 8. The molecule has 2 unspecified atom stereocenters. The summed E-state index contributed by atoms with van der Waals surface area (Å²) >= 11 is 0. The van der Waals surface area contributed by atoms with Crippen LogP contribution < -0.4 is 10.6 Å². The maximum Gasteiger partial charge on any atom is 0.236 e. The van der Waals surface area contributed by atoms with Gasteiger partial charge in [-0.3, -0.25) is 4.79 Å². The number of nitrogens with one attached hydrogen (secondary N) is 2. The standard InChI is InChI=1S/C12H20N2O4/c1-9(12(16)13-5-7-17-2)14-8-10(15)11-4-3-6-18-11/h3-4,6,9-10,14-15H,5,7-8H2,1-2H3,(H,13,16).